The van der Waals surface area contributed by atoms with Gasteiger partial charge in [-0.3, -0.25) is 0 Å². The van der Waals surface area contributed by atoms with Crippen LogP contribution in [0.2, 0.25) is 0 Å². The van der Waals surface area contributed by atoms with Crippen molar-refractivity contribution in [1.82, 2.24) is 0 Å². The average molecular weight is 719 g/mol. The van der Waals surface area contributed by atoms with Gasteiger partial charge in [0.05, 0.1) is 0 Å². The Kier molecular flexibility index (Phi) is 8.11. The van der Waals surface area contributed by atoms with Crippen LogP contribution in [0.3, 0.4) is 0 Å². The van der Waals surface area contributed by atoms with Gasteiger partial charge in [-0.2, -0.15) is 0 Å². The van der Waals surface area contributed by atoms with Crippen LogP contribution in [-0.4, -0.2) is 10.2 Å². The Morgan fingerprint density at radius 1 is 0.250 bits per heavy atom. The highest BCUT2D eigenvalue weighted by Crippen LogP contribution is 2.60. The van der Waals surface area contributed by atoms with Crippen LogP contribution in [0.15, 0.2) is 218 Å². The van der Waals surface area contributed by atoms with Crippen LogP contribution in [-0.2, 0) is 11.2 Å². The zero-order chi connectivity index (χ0) is 37.7. The van der Waals surface area contributed by atoms with Crippen LogP contribution in [0.4, 0.5) is 0 Å². The Hall–Kier alpha value is -6.84. The maximum Gasteiger partial charge on any atom is 0.142 e. The van der Waals surface area contributed by atoms with Crippen molar-refractivity contribution < 1.29 is 10.2 Å². The first-order valence-electron chi connectivity index (χ1n) is 19.1. The highest BCUT2D eigenvalue weighted by Gasteiger charge is 2.54. The molecule has 0 spiro atoms. The summed E-state index contributed by atoms with van der Waals surface area (Å²) in [6, 6.07) is 74.2. The van der Waals surface area contributed by atoms with E-state index in [0.29, 0.717) is 22.3 Å². The molecule has 9 aromatic carbocycles. The molecule has 56 heavy (non-hydrogen) atoms. The SMILES string of the molecule is OC1(c2ccc(-c3ccccc3)cc2)c2ccccc2C(O)(c2ccc(-c3ccccc3)cc2)c2c1c(-c1ccccc1)c1ccccc1c2-c1ccccc1. The van der Waals surface area contributed by atoms with E-state index in [1.807, 2.05) is 121 Å². The third kappa shape index (κ3) is 5.19. The lowest BCUT2D eigenvalue weighted by Crippen LogP contribution is -2.45. The van der Waals surface area contributed by atoms with Crippen molar-refractivity contribution in [2.24, 2.45) is 0 Å². The summed E-state index contributed by atoms with van der Waals surface area (Å²) in [6.07, 6.45) is 0. The van der Waals surface area contributed by atoms with Gasteiger partial charge >= 0.3 is 0 Å². The first-order chi connectivity index (χ1) is 27.6. The van der Waals surface area contributed by atoms with Crippen molar-refractivity contribution in [2.75, 3.05) is 0 Å². The number of hydrogen-bond acceptors (Lipinski definition) is 2. The lowest BCUT2D eigenvalue weighted by molar-refractivity contribution is 0.0759. The quantitative estimate of drug-likeness (QED) is 0.180. The lowest BCUT2D eigenvalue weighted by atomic mass is 9.59. The molecule has 0 amide bonds. The fourth-order valence-electron chi connectivity index (χ4n) is 9.02. The van der Waals surface area contributed by atoms with E-state index in [1.54, 1.807) is 0 Å². The molecule has 0 bridgehead atoms. The zero-order valence-corrected chi connectivity index (χ0v) is 30.7. The second-order valence-corrected chi connectivity index (χ2v) is 14.6. The number of benzene rings is 9. The van der Waals surface area contributed by atoms with E-state index in [1.165, 1.54) is 0 Å². The number of fused-ring (bicyclic) bond motifs is 3. The molecule has 2 unspecified atom stereocenters. The third-order valence-electron chi connectivity index (χ3n) is 11.6. The van der Waals surface area contributed by atoms with Crippen molar-refractivity contribution in [3.05, 3.63) is 252 Å². The Morgan fingerprint density at radius 3 is 0.857 bits per heavy atom. The summed E-state index contributed by atoms with van der Waals surface area (Å²) in [5.74, 6) is 0. The highest BCUT2D eigenvalue weighted by atomic mass is 16.3. The van der Waals surface area contributed by atoms with E-state index >= 15 is 0 Å². The monoisotopic (exact) mass is 718 g/mol. The molecule has 0 aliphatic heterocycles. The molecule has 2 N–H and O–H groups in total. The predicted molar refractivity (Wildman–Crippen MR) is 229 cm³/mol. The van der Waals surface area contributed by atoms with Gasteiger partial charge < -0.3 is 10.2 Å². The molecule has 1 aliphatic carbocycles. The van der Waals surface area contributed by atoms with Gasteiger partial charge in [0.15, 0.2) is 0 Å². The van der Waals surface area contributed by atoms with Crippen LogP contribution in [0.1, 0.15) is 33.4 Å². The van der Waals surface area contributed by atoms with Crippen LogP contribution in [0, 0.1) is 0 Å². The maximum atomic E-state index is 14.1. The Labute approximate surface area is 327 Å². The van der Waals surface area contributed by atoms with E-state index in [4.69, 9.17) is 0 Å². The fourth-order valence-corrected chi connectivity index (χ4v) is 9.02. The molecule has 0 saturated heterocycles. The molecule has 0 saturated carbocycles. The van der Waals surface area contributed by atoms with Gasteiger partial charge in [0.2, 0.25) is 0 Å². The van der Waals surface area contributed by atoms with Crippen molar-refractivity contribution in [1.29, 1.82) is 0 Å². The van der Waals surface area contributed by atoms with Crippen LogP contribution >= 0.6 is 0 Å². The first kappa shape index (κ1) is 33.7. The maximum absolute atomic E-state index is 14.1. The minimum Gasteiger partial charge on any atom is -0.376 e. The molecular weight excluding hydrogens is 681 g/mol. The third-order valence-corrected chi connectivity index (χ3v) is 11.6. The van der Waals surface area contributed by atoms with E-state index in [2.05, 4.69) is 97.1 Å². The first-order valence-corrected chi connectivity index (χ1v) is 19.1. The second-order valence-electron chi connectivity index (χ2n) is 14.6. The molecule has 2 heteroatoms. The summed E-state index contributed by atoms with van der Waals surface area (Å²) in [7, 11) is 0. The number of rotatable bonds is 6. The van der Waals surface area contributed by atoms with Gasteiger partial charge in [-0.1, -0.05) is 218 Å². The minimum absolute atomic E-state index is 0.640. The summed E-state index contributed by atoms with van der Waals surface area (Å²) in [5, 5.41) is 30.3. The summed E-state index contributed by atoms with van der Waals surface area (Å²) in [6.45, 7) is 0. The largest absolute Gasteiger partial charge is 0.376 e. The smallest absolute Gasteiger partial charge is 0.142 e. The zero-order valence-electron chi connectivity index (χ0n) is 30.7. The van der Waals surface area contributed by atoms with Crippen molar-refractivity contribution in [2.45, 2.75) is 11.2 Å². The molecule has 1 aliphatic rings. The highest BCUT2D eigenvalue weighted by molar-refractivity contribution is 6.09. The lowest BCUT2D eigenvalue weighted by Gasteiger charge is -2.47. The Bertz CT molecular complexity index is 2630. The van der Waals surface area contributed by atoms with E-state index in [0.717, 1.165) is 66.4 Å². The molecule has 266 valence electrons. The van der Waals surface area contributed by atoms with Gasteiger partial charge in [-0.05, 0) is 77.5 Å². The van der Waals surface area contributed by atoms with Crippen molar-refractivity contribution in [3.8, 4) is 44.5 Å². The molecule has 0 fully saturated rings. The average Bonchev–Trinajstić information content (AvgIpc) is 3.28. The fraction of sp³-hybridized carbons (Fsp3) is 0.0370. The second kappa shape index (κ2) is 13.5. The Balaban J connectivity index is 1.37. The van der Waals surface area contributed by atoms with Crippen LogP contribution in [0.5, 0.6) is 0 Å². The van der Waals surface area contributed by atoms with Gasteiger partial charge in [0.25, 0.3) is 0 Å². The summed E-state index contributed by atoms with van der Waals surface area (Å²) in [4.78, 5) is 0. The van der Waals surface area contributed by atoms with Gasteiger partial charge in [0.1, 0.15) is 11.2 Å². The van der Waals surface area contributed by atoms with Crippen molar-refractivity contribution >= 4 is 10.8 Å². The number of hydrogen-bond donors (Lipinski definition) is 2. The normalized spacial score (nSPS) is 17.2. The topological polar surface area (TPSA) is 40.5 Å². The van der Waals surface area contributed by atoms with E-state index < -0.39 is 11.2 Å². The van der Waals surface area contributed by atoms with Gasteiger partial charge in [-0.25, -0.2) is 0 Å². The molecule has 2 nitrogen and oxygen atoms in total. The molecule has 9 aromatic rings. The molecule has 0 aromatic heterocycles. The molecule has 10 rings (SSSR count). The van der Waals surface area contributed by atoms with Gasteiger partial charge in [0, 0.05) is 11.1 Å². The van der Waals surface area contributed by atoms with Gasteiger partial charge in [-0.15, -0.1) is 0 Å². The van der Waals surface area contributed by atoms with Crippen LogP contribution in [0.25, 0.3) is 55.3 Å². The molecular formula is C54H38O2. The van der Waals surface area contributed by atoms with E-state index in [-0.39, 0.29) is 0 Å². The summed E-state index contributed by atoms with van der Waals surface area (Å²) in [5.41, 5.74) is 8.74. The molecule has 2 atom stereocenters. The summed E-state index contributed by atoms with van der Waals surface area (Å²) < 4.78 is 0. The molecule has 0 heterocycles. The predicted octanol–water partition coefficient (Wildman–Crippen LogP) is 12.4. The Morgan fingerprint density at radius 2 is 0.518 bits per heavy atom. The molecule has 0 radical (unpaired) electrons. The van der Waals surface area contributed by atoms with Crippen LogP contribution < -0.4 is 0 Å². The minimum atomic E-state index is -1.67. The van der Waals surface area contributed by atoms with E-state index in [9.17, 15) is 10.2 Å². The standard InChI is InChI=1S/C54H38O2/c55-53(43-33-29-39(30-34-43)37-17-5-1-6-18-37)47-27-15-16-28-48(47)54(56,44-35-31-40(32-36-44)38-19-7-2-8-20-38)52-50(42-23-11-4-12-24-42)46-26-14-13-25-45(46)49(51(52)53)41-21-9-3-10-22-41/h1-36,55-56H. The number of aliphatic hydroxyl groups is 2. The summed E-state index contributed by atoms with van der Waals surface area (Å²) >= 11 is 0. The van der Waals surface area contributed by atoms with Crippen molar-refractivity contribution in [3.63, 3.8) is 0 Å².